The van der Waals surface area contributed by atoms with E-state index in [9.17, 15) is 13.6 Å². The van der Waals surface area contributed by atoms with Crippen molar-refractivity contribution in [2.45, 2.75) is 25.7 Å². The van der Waals surface area contributed by atoms with E-state index < -0.39 is 11.6 Å². The van der Waals surface area contributed by atoms with E-state index in [1.165, 1.54) is 18.3 Å². The van der Waals surface area contributed by atoms with Crippen molar-refractivity contribution in [3.8, 4) is 0 Å². The minimum absolute atomic E-state index is 0.153. The fourth-order valence-corrected chi connectivity index (χ4v) is 2.14. The SMILES string of the molecule is O=C(CCCCc1cc(F)cc(F)c1)Nc1ccc(Cl)cn1. The summed E-state index contributed by atoms with van der Waals surface area (Å²) in [5.41, 5.74) is 0.595. The maximum Gasteiger partial charge on any atom is 0.225 e. The molecule has 3 nitrogen and oxygen atoms in total. The number of halogens is 3. The predicted octanol–water partition coefficient (Wildman–Crippen LogP) is 4.36. The van der Waals surface area contributed by atoms with Gasteiger partial charge < -0.3 is 5.32 Å². The van der Waals surface area contributed by atoms with Crippen LogP contribution in [0.25, 0.3) is 0 Å². The Balaban J connectivity index is 1.71. The lowest BCUT2D eigenvalue weighted by molar-refractivity contribution is -0.116. The number of aryl methyl sites for hydroxylation is 1. The third-order valence-electron chi connectivity index (χ3n) is 3.04. The molecule has 0 aliphatic rings. The summed E-state index contributed by atoms with van der Waals surface area (Å²) in [6, 6.07) is 6.72. The number of benzene rings is 1. The molecule has 1 amide bonds. The van der Waals surface area contributed by atoms with E-state index in [4.69, 9.17) is 11.6 Å². The lowest BCUT2D eigenvalue weighted by Crippen LogP contribution is -2.12. The van der Waals surface area contributed by atoms with Crippen LogP contribution >= 0.6 is 11.6 Å². The Morgan fingerprint density at radius 3 is 2.50 bits per heavy atom. The number of pyridine rings is 1. The van der Waals surface area contributed by atoms with Crippen LogP contribution in [0.1, 0.15) is 24.8 Å². The van der Waals surface area contributed by atoms with Gasteiger partial charge in [-0.1, -0.05) is 11.6 Å². The number of anilines is 1. The smallest absolute Gasteiger partial charge is 0.225 e. The van der Waals surface area contributed by atoms with Gasteiger partial charge in [-0.05, 0) is 49.1 Å². The summed E-state index contributed by atoms with van der Waals surface area (Å²) < 4.78 is 26.0. The van der Waals surface area contributed by atoms with Crippen molar-refractivity contribution < 1.29 is 13.6 Å². The van der Waals surface area contributed by atoms with Gasteiger partial charge in [-0.25, -0.2) is 13.8 Å². The molecule has 0 fully saturated rings. The van der Waals surface area contributed by atoms with Gasteiger partial charge in [0, 0.05) is 18.7 Å². The number of nitrogens with one attached hydrogen (secondary N) is 1. The lowest BCUT2D eigenvalue weighted by atomic mass is 10.1. The number of rotatable bonds is 6. The van der Waals surface area contributed by atoms with Crippen molar-refractivity contribution in [3.05, 3.63) is 58.7 Å². The second-order valence-electron chi connectivity index (χ2n) is 4.89. The Morgan fingerprint density at radius 1 is 1.14 bits per heavy atom. The van der Waals surface area contributed by atoms with Crippen LogP contribution in [0.2, 0.25) is 5.02 Å². The Hall–Kier alpha value is -2.01. The molecule has 2 rings (SSSR count). The van der Waals surface area contributed by atoms with Gasteiger partial charge in [0.05, 0.1) is 5.02 Å². The van der Waals surface area contributed by atoms with Crippen LogP contribution in [-0.2, 0) is 11.2 Å². The van der Waals surface area contributed by atoms with Gasteiger partial charge in [0.1, 0.15) is 17.5 Å². The van der Waals surface area contributed by atoms with Crippen LogP contribution in [0.3, 0.4) is 0 Å². The summed E-state index contributed by atoms with van der Waals surface area (Å²) in [6.45, 7) is 0. The lowest BCUT2D eigenvalue weighted by Gasteiger charge is -2.05. The van der Waals surface area contributed by atoms with Crippen LogP contribution in [0.15, 0.2) is 36.5 Å². The zero-order chi connectivity index (χ0) is 15.9. The number of hydrogen-bond acceptors (Lipinski definition) is 2. The summed E-state index contributed by atoms with van der Waals surface area (Å²) in [5, 5.41) is 3.16. The van der Waals surface area contributed by atoms with E-state index >= 15 is 0 Å². The monoisotopic (exact) mass is 324 g/mol. The number of hydrogen-bond donors (Lipinski definition) is 1. The average Bonchev–Trinajstić information content (AvgIpc) is 2.45. The molecule has 0 saturated carbocycles. The normalized spacial score (nSPS) is 10.5. The molecule has 0 aliphatic heterocycles. The van der Waals surface area contributed by atoms with Crippen molar-refractivity contribution in [3.63, 3.8) is 0 Å². The molecule has 0 unspecified atom stereocenters. The van der Waals surface area contributed by atoms with Crippen LogP contribution in [0.4, 0.5) is 14.6 Å². The minimum atomic E-state index is -0.582. The molecule has 0 aliphatic carbocycles. The molecular weight excluding hydrogens is 310 g/mol. The second kappa shape index (κ2) is 7.84. The van der Waals surface area contributed by atoms with Gasteiger partial charge in [0.25, 0.3) is 0 Å². The van der Waals surface area contributed by atoms with Crippen LogP contribution in [0.5, 0.6) is 0 Å². The first kappa shape index (κ1) is 16.4. The van der Waals surface area contributed by atoms with E-state index in [2.05, 4.69) is 10.3 Å². The highest BCUT2D eigenvalue weighted by Gasteiger charge is 2.05. The molecule has 116 valence electrons. The van der Waals surface area contributed by atoms with Crippen molar-refractivity contribution in [1.29, 1.82) is 0 Å². The van der Waals surface area contributed by atoms with Gasteiger partial charge in [-0.15, -0.1) is 0 Å². The first-order valence-electron chi connectivity index (χ1n) is 6.89. The van der Waals surface area contributed by atoms with Gasteiger partial charge in [-0.3, -0.25) is 4.79 Å². The third-order valence-corrected chi connectivity index (χ3v) is 3.26. The molecule has 0 radical (unpaired) electrons. The van der Waals surface area contributed by atoms with Crippen LogP contribution < -0.4 is 5.32 Å². The summed E-state index contributed by atoms with van der Waals surface area (Å²) in [4.78, 5) is 15.7. The van der Waals surface area contributed by atoms with Crippen LogP contribution in [-0.4, -0.2) is 10.9 Å². The van der Waals surface area contributed by atoms with Crippen molar-refractivity contribution in [2.24, 2.45) is 0 Å². The zero-order valence-corrected chi connectivity index (χ0v) is 12.5. The zero-order valence-electron chi connectivity index (χ0n) is 11.8. The summed E-state index contributed by atoms with van der Waals surface area (Å²) in [6.07, 6.45) is 3.60. The minimum Gasteiger partial charge on any atom is -0.311 e. The molecule has 0 spiro atoms. The Morgan fingerprint density at radius 2 is 1.86 bits per heavy atom. The quantitative estimate of drug-likeness (QED) is 0.802. The van der Waals surface area contributed by atoms with E-state index in [0.29, 0.717) is 42.1 Å². The highest BCUT2D eigenvalue weighted by Crippen LogP contribution is 2.13. The number of unbranched alkanes of at least 4 members (excludes halogenated alkanes) is 1. The number of carbonyl (C=O) groups excluding carboxylic acids is 1. The van der Waals surface area contributed by atoms with E-state index in [-0.39, 0.29) is 5.91 Å². The maximum atomic E-state index is 13.0. The van der Waals surface area contributed by atoms with Gasteiger partial charge in [0.2, 0.25) is 5.91 Å². The standard InChI is InChI=1S/C16H15ClF2N2O/c17-12-5-6-15(20-10-12)21-16(22)4-2-1-3-11-7-13(18)9-14(19)8-11/h5-10H,1-4H2,(H,20,21,22). The maximum absolute atomic E-state index is 13.0. The Kier molecular flexibility index (Phi) is 5.83. The molecule has 1 aromatic carbocycles. The van der Waals surface area contributed by atoms with Crippen molar-refractivity contribution in [1.82, 2.24) is 4.98 Å². The molecule has 2 aromatic rings. The molecule has 0 atom stereocenters. The van der Waals surface area contributed by atoms with Crippen molar-refractivity contribution in [2.75, 3.05) is 5.32 Å². The summed E-state index contributed by atoms with van der Waals surface area (Å²) in [7, 11) is 0. The molecule has 1 aromatic heterocycles. The molecule has 22 heavy (non-hydrogen) atoms. The number of amides is 1. The summed E-state index contributed by atoms with van der Waals surface area (Å²) in [5.74, 6) is -0.870. The molecule has 6 heteroatoms. The molecule has 1 N–H and O–H groups in total. The van der Waals surface area contributed by atoms with E-state index in [1.54, 1.807) is 12.1 Å². The van der Waals surface area contributed by atoms with Crippen LogP contribution in [0, 0.1) is 11.6 Å². The van der Waals surface area contributed by atoms with Gasteiger partial charge in [-0.2, -0.15) is 0 Å². The van der Waals surface area contributed by atoms with E-state index in [0.717, 1.165) is 6.07 Å². The first-order valence-corrected chi connectivity index (χ1v) is 7.27. The number of nitrogens with zero attached hydrogens (tertiary/aromatic N) is 1. The summed E-state index contributed by atoms with van der Waals surface area (Å²) >= 11 is 5.70. The largest absolute Gasteiger partial charge is 0.311 e. The first-order chi connectivity index (χ1) is 10.5. The Bertz CT molecular complexity index is 627. The second-order valence-corrected chi connectivity index (χ2v) is 5.33. The van der Waals surface area contributed by atoms with Gasteiger partial charge >= 0.3 is 0 Å². The molecule has 0 bridgehead atoms. The third kappa shape index (κ3) is 5.41. The highest BCUT2D eigenvalue weighted by molar-refractivity contribution is 6.30. The topological polar surface area (TPSA) is 42.0 Å². The highest BCUT2D eigenvalue weighted by atomic mass is 35.5. The fourth-order valence-electron chi connectivity index (χ4n) is 2.03. The fraction of sp³-hybridized carbons (Fsp3) is 0.250. The van der Waals surface area contributed by atoms with Gasteiger partial charge in [0.15, 0.2) is 0 Å². The van der Waals surface area contributed by atoms with Crippen molar-refractivity contribution >= 4 is 23.3 Å². The average molecular weight is 325 g/mol. The number of carbonyl (C=O) groups is 1. The molecule has 0 saturated heterocycles. The number of aromatic nitrogens is 1. The van der Waals surface area contributed by atoms with E-state index in [1.807, 2.05) is 0 Å². The molecular formula is C16H15ClF2N2O. The molecule has 1 heterocycles. The Labute approximate surface area is 132 Å². The predicted molar refractivity (Wildman–Crippen MR) is 81.8 cm³/mol.